The van der Waals surface area contributed by atoms with E-state index in [-0.39, 0.29) is 29.1 Å². The van der Waals surface area contributed by atoms with Crippen LogP contribution >= 0.6 is 23.2 Å². The van der Waals surface area contributed by atoms with E-state index in [2.05, 4.69) is 9.72 Å². The van der Waals surface area contributed by atoms with Crippen LogP contribution in [-0.2, 0) is 11.2 Å². The largest absolute Gasteiger partial charge is 0.870 e. The van der Waals surface area contributed by atoms with E-state index in [1.165, 1.54) is 25.3 Å². The number of nitrogens with one attached hydrogen (secondary N) is 1. The molecule has 0 amide bonds. The van der Waals surface area contributed by atoms with E-state index in [0.717, 1.165) is 12.8 Å². The number of ether oxygens (including phenoxy) is 5. The first-order valence-electron chi connectivity index (χ1n) is 11.4. The van der Waals surface area contributed by atoms with Gasteiger partial charge in [-0.05, 0) is 60.7 Å². The number of halogens is 4. The van der Waals surface area contributed by atoms with Crippen LogP contribution in [0.4, 0.5) is 13.6 Å². The number of rotatable bonds is 11. The Morgan fingerprint density at radius 1 is 1.03 bits per heavy atom. The second kappa shape index (κ2) is 13.5. The molecule has 1 heterocycles. The van der Waals surface area contributed by atoms with Gasteiger partial charge in [0.2, 0.25) is 0 Å². The van der Waals surface area contributed by atoms with Crippen LogP contribution in [0, 0.1) is 5.92 Å². The minimum Gasteiger partial charge on any atom is -0.870 e. The molecule has 8 nitrogen and oxygen atoms in total. The predicted octanol–water partition coefficient (Wildman–Crippen LogP) is 6.53. The first kappa shape index (κ1) is 29.2. The number of aromatic nitrogens is 1. The lowest BCUT2D eigenvalue weighted by Gasteiger charge is -2.21. The molecule has 0 unspecified atom stereocenters. The number of pyridine rings is 1. The van der Waals surface area contributed by atoms with E-state index in [9.17, 15) is 13.6 Å². The fraction of sp³-hybridized carbons (Fsp3) is 0.308. The Morgan fingerprint density at radius 3 is 2.29 bits per heavy atom. The molecule has 2 N–H and O–H groups in total. The highest BCUT2D eigenvalue weighted by atomic mass is 35.5. The standard InChI is InChI=1S/C26H23Cl2F2NO6.H2O/c1-33-17-5-7-18(8-6-17)35-26(32)37-23(11-19-20(27)12-31-13-21(19)28)16-4-9-22(36-25(29)30)24(10-16)34-14-15-2-3-15;/h4-10,12-13,15,23,25H,2-3,11,14H2,1H3;1H2/t23-;/m0./s1. The van der Waals surface area contributed by atoms with Gasteiger partial charge in [-0.2, -0.15) is 8.78 Å². The van der Waals surface area contributed by atoms with Crippen LogP contribution in [0.3, 0.4) is 0 Å². The molecular formula is C26H25Cl2F2NO7. The van der Waals surface area contributed by atoms with Crippen molar-refractivity contribution in [2.24, 2.45) is 5.92 Å². The Labute approximate surface area is 227 Å². The summed E-state index contributed by atoms with van der Waals surface area (Å²) < 4.78 is 52.4. The molecule has 0 aliphatic heterocycles. The molecule has 1 aromatic heterocycles. The van der Waals surface area contributed by atoms with Crippen molar-refractivity contribution in [1.29, 1.82) is 0 Å². The van der Waals surface area contributed by atoms with Crippen molar-refractivity contribution < 1.29 is 47.7 Å². The monoisotopic (exact) mass is 571 g/mol. The van der Waals surface area contributed by atoms with Gasteiger partial charge in [0, 0.05) is 12.0 Å². The minimum absolute atomic E-state index is 0. The fourth-order valence-electron chi connectivity index (χ4n) is 3.49. The third-order valence-corrected chi connectivity index (χ3v) is 6.29. The summed E-state index contributed by atoms with van der Waals surface area (Å²) in [7, 11) is 1.52. The first-order valence-corrected chi connectivity index (χ1v) is 12.2. The summed E-state index contributed by atoms with van der Waals surface area (Å²) in [6.07, 6.45) is 3.23. The Bertz CT molecular complexity index is 1210. The number of carbonyl (C=O) groups excluding carboxylic acids is 1. The van der Waals surface area contributed by atoms with Crippen molar-refractivity contribution in [3.05, 3.63) is 76.0 Å². The van der Waals surface area contributed by atoms with E-state index in [0.29, 0.717) is 39.4 Å². The van der Waals surface area contributed by atoms with Crippen molar-refractivity contribution in [3.8, 4) is 23.0 Å². The number of methoxy groups -OCH3 is 1. The summed E-state index contributed by atoms with van der Waals surface area (Å²) in [5.74, 6) is 1.19. The quantitative estimate of drug-likeness (QED) is 0.190. The topological polar surface area (TPSA) is 107 Å². The molecule has 12 heteroatoms. The third kappa shape index (κ3) is 8.08. The first-order chi connectivity index (χ1) is 17.8. The van der Waals surface area contributed by atoms with Gasteiger partial charge in [0.25, 0.3) is 0 Å². The lowest BCUT2D eigenvalue weighted by atomic mass is 10.0. The average Bonchev–Trinajstić information content (AvgIpc) is 3.70. The Hall–Kier alpha value is -3.34. The van der Waals surface area contributed by atoms with Crippen molar-refractivity contribution in [2.45, 2.75) is 32.0 Å². The molecule has 1 aliphatic carbocycles. The van der Waals surface area contributed by atoms with Crippen molar-refractivity contribution >= 4 is 29.4 Å². The molecule has 4 rings (SSSR count). The summed E-state index contributed by atoms with van der Waals surface area (Å²) >= 11 is 12.7. The van der Waals surface area contributed by atoms with E-state index in [1.54, 1.807) is 36.7 Å². The molecule has 2 aromatic carbocycles. The molecule has 0 bridgehead atoms. The highest BCUT2D eigenvalue weighted by Crippen LogP contribution is 2.38. The van der Waals surface area contributed by atoms with Crippen molar-refractivity contribution in [1.82, 2.24) is 0 Å². The highest BCUT2D eigenvalue weighted by molar-refractivity contribution is 6.35. The molecule has 0 saturated heterocycles. The number of hydrogen-bond acceptors (Lipinski definition) is 7. The number of alkyl halides is 2. The summed E-state index contributed by atoms with van der Waals surface area (Å²) in [4.78, 5) is 15.5. The smallest absolute Gasteiger partial charge is 0.514 e. The van der Waals surface area contributed by atoms with Gasteiger partial charge < -0.3 is 29.2 Å². The Kier molecular flexibility index (Phi) is 10.3. The molecule has 0 radical (unpaired) electrons. The minimum atomic E-state index is -3.03. The molecule has 1 saturated carbocycles. The lowest BCUT2D eigenvalue weighted by Crippen LogP contribution is -2.18. The third-order valence-electron chi connectivity index (χ3n) is 5.61. The number of H-pyrrole nitrogens is 1. The Balaban J connectivity index is 0.00000400. The zero-order valence-corrected chi connectivity index (χ0v) is 21.7. The van der Waals surface area contributed by atoms with Crippen LogP contribution in [-0.4, -0.2) is 32.0 Å². The Morgan fingerprint density at radius 2 is 1.68 bits per heavy atom. The second-order valence-corrected chi connectivity index (χ2v) is 9.12. The van der Waals surface area contributed by atoms with Gasteiger partial charge in [0.15, 0.2) is 23.9 Å². The average molecular weight is 572 g/mol. The van der Waals surface area contributed by atoms with Gasteiger partial charge in [0.05, 0.1) is 13.7 Å². The van der Waals surface area contributed by atoms with E-state index in [1.807, 2.05) is 0 Å². The van der Waals surface area contributed by atoms with Gasteiger partial charge in [-0.1, -0.05) is 29.3 Å². The van der Waals surface area contributed by atoms with E-state index in [4.69, 9.17) is 42.1 Å². The number of carbonyl (C=O) groups is 1. The number of aromatic amines is 1. The molecule has 1 atom stereocenters. The zero-order valence-electron chi connectivity index (χ0n) is 20.2. The molecule has 1 aliphatic rings. The van der Waals surface area contributed by atoms with Crippen LogP contribution < -0.4 is 23.9 Å². The zero-order chi connectivity index (χ0) is 26.4. The van der Waals surface area contributed by atoms with E-state index < -0.39 is 18.9 Å². The molecule has 204 valence electrons. The van der Waals surface area contributed by atoms with Crippen LogP contribution in [0.25, 0.3) is 0 Å². The normalized spacial score (nSPS) is 13.3. The summed E-state index contributed by atoms with van der Waals surface area (Å²) in [5, 5.41) is 0.653. The fourth-order valence-corrected chi connectivity index (χ4v) is 4.02. The summed E-state index contributed by atoms with van der Waals surface area (Å²) in [6.45, 7) is -2.67. The van der Waals surface area contributed by atoms with Crippen molar-refractivity contribution in [2.75, 3.05) is 13.7 Å². The van der Waals surface area contributed by atoms with Gasteiger partial charge in [-0.3, -0.25) is 0 Å². The van der Waals surface area contributed by atoms with Gasteiger partial charge >= 0.3 is 12.8 Å². The molecular weight excluding hydrogens is 547 g/mol. The van der Waals surface area contributed by atoms with Crippen LogP contribution in [0.2, 0.25) is 10.0 Å². The van der Waals surface area contributed by atoms with Crippen LogP contribution in [0.5, 0.6) is 23.0 Å². The van der Waals surface area contributed by atoms with Gasteiger partial charge in [0.1, 0.15) is 27.6 Å². The maximum Gasteiger partial charge on any atom is 0.514 e. The maximum absolute atomic E-state index is 13.0. The maximum atomic E-state index is 13.0. The molecule has 3 aromatic rings. The number of benzene rings is 2. The SMILES string of the molecule is COc1ccc(OC(=O)O[C@@H](Cc2c(Cl)c[nH+]cc2Cl)c2ccc(OC(F)F)c(OCC3CC3)c2)cc1.[OH-]. The molecule has 0 spiro atoms. The van der Waals surface area contributed by atoms with Crippen molar-refractivity contribution in [3.63, 3.8) is 0 Å². The number of hydrogen-bond donors (Lipinski definition) is 0. The van der Waals surface area contributed by atoms with Gasteiger partial charge in [-0.25, -0.2) is 9.78 Å². The summed E-state index contributed by atoms with van der Waals surface area (Å²) in [5.41, 5.74) is 0.955. The van der Waals surface area contributed by atoms with Crippen LogP contribution in [0.1, 0.15) is 30.1 Å². The molecule has 38 heavy (non-hydrogen) atoms. The predicted molar refractivity (Wildman–Crippen MR) is 133 cm³/mol. The van der Waals surface area contributed by atoms with Crippen LogP contribution in [0.15, 0.2) is 54.9 Å². The lowest BCUT2D eigenvalue weighted by molar-refractivity contribution is -0.377. The summed E-state index contributed by atoms with van der Waals surface area (Å²) in [6, 6.07) is 10.7. The molecule has 1 fully saturated rings. The van der Waals surface area contributed by atoms with E-state index >= 15 is 0 Å². The highest BCUT2D eigenvalue weighted by Gasteiger charge is 2.26. The second-order valence-electron chi connectivity index (χ2n) is 8.31. The van der Waals surface area contributed by atoms with Gasteiger partial charge in [-0.15, -0.1) is 0 Å².